The lowest BCUT2D eigenvalue weighted by Gasteiger charge is -2.02. The molecule has 0 saturated heterocycles. The lowest BCUT2D eigenvalue weighted by molar-refractivity contribution is 0.0696. The molecule has 0 aliphatic carbocycles. The predicted octanol–water partition coefficient (Wildman–Crippen LogP) is 2.64. The van der Waals surface area contributed by atoms with E-state index in [4.69, 9.17) is 16.7 Å². The van der Waals surface area contributed by atoms with E-state index in [1.807, 2.05) is 0 Å². The molecule has 0 fully saturated rings. The third kappa shape index (κ3) is 1.73. The molecule has 1 rings (SSSR count). The molecule has 0 aliphatic heterocycles. The van der Waals surface area contributed by atoms with E-state index < -0.39 is 5.97 Å². The summed E-state index contributed by atoms with van der Waals surface area (Å²) in [6.45, 7) is 1.79. The minimum Gasteiger partial charge on any atom is -0.478 e. The van der Waals surface area contributed by atoms with E-state index in [9.17, 15) is 4.79 Å². The van der Waals surface area contributed by atoms with Gasteiger partial charge in [0.2, 0.25) is 0 Å². The number of carboxylic acid groups (broad SMARTS) is 1. The van der Waals surface area contributed by atoms with Gasteiger partial charge in [0.1, 0.15) is 0 Å². The second kappa shape index (κ2) is 3.37. The summed E-state index contributed by atoms with van der Waals surface area (Å²) in [5.74, 6) is -0.993. The molecule has 0 unspecified atom stereocenters. The molecular formula is C8H7ClO2S. The van der Waals surface area contributed by atoms with E-state index in [0.29, 0.717) is 9.92 Å². The minimum absolute atomic E-state index is 0.163. The van der Waals surface area contributed by atoms with Gasteiger partial charge in [0.15, 0.2) is 0 Å². The van der Waals surface area contributed by atoms with Gasteiger partial charge in [-0.2, -0.15) is 0 Å². The van der Waals surface area contributed by atoms with Crippen LogP contribution in [0.25, 0.3) is 0 Å². The number of hydrogen-bond donors (Lipinski definition) is 2. The first-order valence-electron chi connectivity index (χ1n) is 3.25. The third-order valence-corrected chi connectivity index (χ3v) is 2.42. The van der Waals surface area contributed by atoms with Crippen LogP contribution in [0.3, 0.4) is 0 Å². The molecular weight excluding hydrogens is 196 g/mol. The molecule has 0 amide bonds. The topological polar surface area (TPSA) is 37.3 Å². The largest absolute Gasteiger partial charge is 0.478 e. The van der Waals surface area contributed by atoms with Gasteiger partial charge < -0.3 is 5.11 Å². The Kier molecular flexibility index (Phi) is 2.65. The van der Waals surface area contributed by atoms with Gasteiger partial charge in [0.05, 0.1) is 5.56 Å². The minimum atomic E-state index is -0.993. The van der Waals surface area contributed by atoms with Gasteiger partial charge in [-0.05, 0) is 24.6 Å². The Morgan fingerprint density at radius 2 is 2.17 bits per heavy atom. The van der Waals surface area contributed by atoms with Crippen LogP contribution in [-0.2, 0) is 0 Å². The predicted molar refractivity (Wildman–Crippen MR) is 50.4 cm³/mol. The maximum absolute atomic E-state index is 10.5. The highest BCUT2D eigenvalue weighted by atomic mass is 35.5. The number of halogens is 1. The van der Waals surface area contributed by atoms with Crippen LogP contribution in [0.2, 0.25) is 5.02 Å². The first kappa shape index (κ1) is 9.42. The van der Waals surface area contributed by atoms with Gasteiger partial charge in [-0.3, -0.25) is 0 Å². The van der Waals surface area contributed by atoms with E-state index >= 15 is 0 Å². The van der Waals surface area contributed by atoms with E-state index in [1.165, 1.54) is 12.1 Å². The van der Waals surface area contributed by atoms with Crippen LogP contribution >= 0.6 is 24.2 Å². The average molecular weight is 203 g/mol. The van der Waals surface area contributed by atoms with Crippen molar-refractivity contribution in [2.75, 3.05) is 0 Å². The second-order valence-electron chi connectivity index (χ2n) is 2.41. The summed E-state index contributed by atoms with van der Waals surface area (Å²) in [6.07, 6.45) is 0. The lowest BCUT2D eigenvalue weighted by atomic mass is 10.1. The summed E-state index contributed by atoms with van der Waals surface area (Å²) in [4.78, 5) is 11.1. The van der Waals surface area contributed by atoms with Crippen molar-refractivity contribution in [3.8, 4) is 0 Å². The highest BCUT2D eigenvalue weighted by Crippen LogP contribution is 2.24. The molecule has 1 aromatic rings. The van der Waals surface area contributed by atoms with Crippen molar-refractivity contribution in [3.63, 3.8) is 0 Å². The van der Waals surface area contributed by atoms with Crippen molar-refractivity contribution in [1.82, 2.24) is 0 Å². The van der Waals surface area contributed by atoms with Crippen LogP contribution in [0.1, 0.15) is 15.9 Å². The fourth-order valence-corrected chi connectivity index (χ4v) is 1.33. The van der Waals surface area contributed by atoms with Gasteiger partial charge in [-0.1, -0.05) is 11.6 Å². The van der Waals surface area contributed by atoms with Crippen molar-refractivity contribution in [2.45, 2.75) is 11.8 Å². The number of benzene rings is 1. The molecule has 1 N–H and O–H groups in total. The van der Waals surface area contributed by atoms with Crippen molar-refractivity contribution in [1.29, 1.82) is 0 Å². The van der Waals surface area contributed by atoms with Crippen molar-refractivity contribution < 1.29 is 9.90 Å². The van der Waals surface area contributed by atoms with Gasteiger partial charge in [-0.15, -0.1) is 12.6 Å². The third-order valence-electron chi connectivity index (χ3n) is 1.56. The molecule has 0 atom stereocenters. The van der Waals surface area contributed by atoms with Crippen LogP contribution in [0, 0.1) is 6.92 Å². The molecule has 0 aromatic heterocycles. The standard InChI is InChI=1S/C8H7ClO2S/c1-4-6(9)2-5(8(10)11)3-7(4)12/h2-3,12H,1H3,(H,10,11). The van der Waals surface area contributed by atoms with Crippen LogP contribution < -0.4 is 0 Å². The number of carbonyl (C=O) groups is 1. The quantitative estimate of drug-likeness (QED) is 0.687. The number of hydrogen-bond acceptors (Lipinski definition) is 2. The molecule has 0 saturated carbocycles. The van der Waals surface area contributed by atoms with Crippen LogP contribution in [0.4, 0.5) is 0 Å². The Labute approximate surface area is 80.6 Å². The van der Waals surface area contributed by atoms with Crippen molar-refractivity contribution >= 4 is 30.2 Å². The molecule has 64 valence electrons. The number of thiol groups is 1. The Bertz CT molecular complexity index is 313. The molecule has 0 aliphatic rings. The van der Waals surface area contributed by atoms with Gasteiger partial charge in [0.25, 0.3) is 0 Å². The van der Waals surface area contributed by atoms with E-state index in [0.717, 1.165) is 5.56 Å². The van der Waals surface area contributed by atoms with Crippen LogP contribution in [0.5, 0.6) is 0 Å². The Balaban J connectivity index is 3.31. The first-order valence-corrected chi connectivity index (χ1v) is 4.07. The fourth-order valence-electron chi connectivity index (χ4n) is 0.788. The first-order chi connectivity index (χ1) is 5.52. The Hall–Kier alpha value is -0.670. The summed E-state index contributed by atoms with van der Waals surface area (Å²) >= 11 is 9.83. The molecule has 0 spiro atoms. The van der Waals surface area contributed by atoms with Gasteiger partial charge >= 0.3 is 5.97 Å². The van der Waals surface area contributed by atoms with Crippen LogP contribution in [0.15, 0.2) is 17.0 Å². The maximum Gasteiger partial charge on any atom is 0.335 e. The van der Waals surface area contributed by atoms with Crippen molar-refractivity contribution in [3.05, 3.63) is 28.3 Å². The molecule has 1 aromatic carbocycles. The molecule has 0 radical (unpaired) electrons. The molecule has 4 heteroatoms. The van der Waals surface area contributed by atoms with E-state index in [2.05, 4.69) is 12.6 Å². The molecule has 2 nitrogen and oxygen atoms in total. The number of rotatable bonds is 1. The normalized spacial score (nSPS) is 9.92. The maximum atomic E-state index is 10.5. The smallest absolute Gasteiger partial charge is 0.335 e. The Morgan fingerprint density at radius 1 is 1.58 bits per heavy atom. The fraction of sp³-hybridized carbons (Fsp3) is 0.125. The number of aromatic carboxylic acids is 1. The molecule has 12 heavy (non-hydrogen) atoms. The zero-order chi connectivity index (χ0) is 9.30. The van der Waals surface area contributed by atoms with Gasteiger partial charge in [0, 0.05) is 9.92 Å². The summed E-state index contributed by atoms with van der Waals surface area (Å²) in [7, 11) is 0. The summed E-state index contributed by atoms with van der Waals surface area (Å²) in [5.41, 5.74) is 0.959. The van der Waals surface area contributed by atoms with Crippen LogP contribution in [-0.4, -0.2) is 11.1 Å². The highest BCUT2D eigenvalue weighted by molar-refractivity contribution is 7.80. The summed E-state index contributed by atoms with van der Waals surface area (Å²) in [6, 6.07) is 2.89. The average Bonchev–Trinajstić information content (AvgIpc) is 1.99. The molecule has 0 heterocycles. The summed E-state index contributed by atoms with van der Waals surface area (Å²) < 4.78 is 0. The second-order valence-corrected chi connectivity index (χ2v) is 3.30. The monoisotopic (exact) mass is 202 g/mol. The van der Waals surface area contributed by atoms with E-state index in [1.54, 1.807) is 6.92 Å². The van der Waals surface area contributed by atoms with Gasteiger partial charge in [-0.25, -0.2) is 4.79 Å². The van der Waals surface area contributed by atoms with Crippen molar-refractivity contribution in [2.24, 2.45) is 0 Å². The molecule has 0 bridgehead atoms. The van der Waals surface area contributed by atoms with E-state index in [-0.39, 0.29) is 5.56 Å². The zero-order valence-corrected chi connectivity index (χ0v) is 7.99. The summed E-state index contributed by atoms with van der Waals surface area (Å²) in [5, 5.41) is 9.06. The highest BCUT2D eigenvalue weighted by Gasteiger charge is 2.07. The lowest BCUT2D eigenvalue weighted by Crippen LogP contribution is -1.96. The Morgan fingerprint density at radius 3 is 2.58 bits per heavy atom. The zero-order valence-electron chi connectivity index (χ0n) is 6.34. The SMILES string of the molecule is Cc1c(S)cc(C(=O)O)cc1Cl. The number of carboxylic acids is 1.